The van der Waals surface area contributed by atoms with Crippen molar-refractivity contribution in [2.45, 2.75) is 25.7 Å². The smallest absolute Gasteiger partial charge is 0.252 e. The molecule has 110 valence electrons. The summed E-state index contributed by atoms with van der Waals surface area (Å²) in [7, 11) is 0. The Kier molecular flexibility index (Phi) is 6.19. The molecule has 1 saturated carbocycles. The molecule has 2 rings (SSSR count). The monoisotopic (exact) mass is 377 g/mol. The molecule has 1 amide bonds. The molecule has 0 aromatic heterocycles. The largest absolute Gasteiger partial charge is 0.352 e. The number of halogens is 3. The molecule has 1 aliphatic rings. The number of hydrogen-bond acceptors (Lipinski definition) is 1. The van der Waals surface area contributed by atoms with Gasteiger partial charge in [-0.15, -0.1) is 11.6 Å². The summed E-state index contributed by atoms with van der Waals surface area (Å²) in [5.74, 6) is 1.61. The van der Waals surface area contributed by atoms with E-state index >= 15 is 0 Å². The second-order valence-electron chi connectivity index (χ2n) is 5.29. The Labute approximate surface area is 138 Å². The van der Waals surface area contributed by atoms with Gasteiger partial charge in [0.1, 0.15) is 0 Å². The van der Waals surface area contributed by atoms with Gasteiger partial charge in [0.15, 0.2) is 0 Å². The summed E-state index contributed by atoms with van der Waals surface area (Å²) >= 11 is 15.3. The van der Waals surface area contributed by atoms with Gasteiger partial charge >= 0.3 is 0 Å². The molecule has 0 aliphatic heterocycles. The van der Waals surface area contributed by atoms with Gasteiger partial charge in [0.05, 0.1) is 5.56 Å². The molecule has 2 atom stereocenters. The van der Waals surface area contributed by atoms with Gasteiger partial charge in [0.2, 0.25) is 0 Å². The van der Waals surface area contributed by atoms with Crippen LogP contribution in [-0.4, -0.2) is 18.3 Å². The molecule has 1 aromatic rings. The van der Waals surface area contributed by atoms with Crippen molar-refractivity contribution >= 4 is 45.0 Å². The van der Waals surface area contributed by atoms with E-state index in [2.05, 4.69) is 21.2 Å². The molecule has 2 unspecified atom stereocenters. The summed E-state index contributed by atoms with van der Waals surface area (Å²) < 4.78 is 0.761. The highest BCUT2D eigenvalue weighted by Crippen LogP contribution is 2.30. The Morgan fingerprint density at radius 1 is 1.30 bits per heavy atom. The van der Waals surface area contributed by atoms with Gasteiger partial charge in [-0.1, -0.05) is 24.4 Å². The van der Waals surface area contributed by atoms with Crippen molar-refractivity contribution in [3.05, 3.63) is 33.3 Å². The lowest BCUT2D eigenvalue weighted by Crippen LogP contribution is -2.35. The zero-order valence-corrected chi connectivity index (χ0v) is 14.3. The highest BCUT2D eigenvalue weighted by molar-refractivity contribution is 9.10. The number of alkyl halides is 1. The number of carbonyl (C=O) groups is 1. The Balaban J connectivity index is 1.96. The molecule has 0 spiro atoms. The minimum absolute atomic E-state index is 0.0849. The van der Waals surface area contributed by atoms with Crippen molar-refractivity contribution in [1.29, 1.82) is 0 Å². The molecular formula is C15H18BrCl2NO. The first-order chi connectivity index (χ1) is 9.61. The van der Waals surface area contributed by atoms with E-state index in [9.17, 15) is 4.79 Å². The van der Waals surface area contributed by atoms with Crippen LogP contribution < -0.4 is 5.32 Å². The second kappa shape index (κ2) is 7.67. The first-order valence-corrected chi connectivity index (χ1v) is 8.61. The maximum atomic E-state index is 12.2. The minimum Gasteiger partial charge on any atom is -0.352 e. The molecule has 0 radical (unpaired) electrons. The third kappa shape index (κ3) is 4.12. The zero-order valence-electron chi connectivity index (χ0n) is 11.2. The molecular weight excluding hydrogens is 361 g/mol. The molecule has 0 heterocycles. The van der Waals surface area contributed by atoms with Crippen LogP contribution in [-0.2, 0) is 0 Å². The van der Waals surface area contributed by atoms with E-state index in [1.54, 1.807) is 18.2 Å². The molecule has 1 fully saturated rings. The third-order valence-corrected chi connectivity index (χ3v) is 5.29. The predicted octanol–water partition coefficient (Wildman–Crippen LogP) is 4.88. The Morgan fingerprint density at radius 3 is 2.70 bits per heavy atom. The van der Waals surface area contributed by atoms with Crippen molar-refractivity contribution in [3.63, 3.8) is 0 Å². The lowest BCUT2D eigenvalue weighted by molar-refractivity contribution is 0.0936. The second-order valence-corrected chi connectivity index (χ2v) is 6.89. The third-order valence-electron chi connectivity index (χ3n) is 3.96. The minimum atomic E-state index is -0.0849. The zero-order chi connectivity index (χ0) is 14.5. The van der Waals surface area contributed by atoms with E-state index in [0.717, 1.165) is 10.9 Å². The van der Waals surface area contributed by atoms with Crippen LogP contribution in [0.25, 0.3) is 0 Å². The van der Waals surface area contributed by atoms with Crippen molar-refractivity contribution in [2.75, 3.05) is 12.4 Å². The maximum Gasteiger partial charge on any atom is 0.252 e. The van der Waals surface area contributed by atoms with Crippen LogP contribution in [0.2, 0.25) is 5.02 Å². The van der Waals surface area contributed by atoms with Crippen LogP contribution in [0.4, 0.5) is 0 Å². The molecule has 1 aromatic carbocycles. The van der Waals surface area contributed by atoms with Crippen molar-refractivity contribution in [1.82, 2.24) is 5.32 Å². The van der Waals surface area contributed by atoms with Gasteiger partial charge in [-0.25, -0.2) is 0 Å². The van der Waals surface area contributed by atoms with Crippen LogP contribution in [0.5, 0.6) is 0 Å². The Bertz CT molecular complexity index is 481. The summed E-state index contributed by atoms with van der Waals surface area (Å²) in [4.78, 5) is 12.2. The average Bonchev–Trinajstić information content (AvgIpc) is 2.47. The number of hydrogen-bond donors (Lipinski definition) is 1. The van der Waals surface area contributed by atoms with E-state index in [1.165, 1.54) is 19.3 Å². The van der Waals surface area contributed by atoms with Crippen LogP contribution >= 0.6 is 39.1 Å². The molecule has 1 N–H and O–H groups in total. The van der Waals surface area contributed by atoms with E-state index < -0.39 is 0 Å². The first-order valence-electron chi connectivity index (χ1n) is 6.91. The van der Waals surface area contributed by atoms with Crippen molar-refractivity contribution in [2.24, 2.45) is 11.8 Å². The van der Waals surface area contributed by atoms with Gasteiger partial charge in [0.25, 0.3) is 5.91 Å². The van der Waals surface area contributed by atoms with Gasteiger partial charge in [-0.2, -0.15) is 0 Å². The fourth-order valence-electron chi connectivity index (χ4n) is 2.75. The van der Waals surface area contributed by atoms with E-state index in [4.69, 9.17) is 23.2 Å². The van der Waals surface area contributed by atoms with Crippen LogP contribution in [0, 0.1) is 11.8 Å². The SMILES string of the molecule is O=C(NCC1CCCCC1CCl)c1cc(Cl)ccc1Br. The lowest BCUT2D eigenvalue weighted by Gasteiger charge is -2.30. The number of benzene rings is 1. The summed E-state index contributed by atoms with van der Waals surface area (Å²) in [6.45, 7) is 0.690. The van der Waals surface area contributed by atoms with Crippen LogP contribution in [0.15, 0.2) is 22.7 Å². The summed E-state index contributed by atoms with van der Waals surface area (Å²) in [6, 6.07) is 5.23. The van der Waals surface area contributed by atoms with Crippen LogP contribution in [0.3, 0.4) is 0 Å². The van der Waals surface area contributed by atoms with E-state index in [0.29, 0.717) is 34.8 Å². The summed E-state index contributed by atoms with van der Waals surface area (Å²) in [5, 5.41) is 3.58. The lowest BCUT2D eigenvalue weighted by atomic mass is 9.80. The van der Waals surface area contributed by atoms with Gasteiger partial charge < -0.3 is 5.32 Å². The average molecular weight is 379 g/mol. The van der Waals surface area contributed by atoms with Crippen molar-refractivity contribution < 1.29 is 4.79 Å². The van der Waals surface area contributed by atoms with E-state index in [1.807, 2.05) is 0 Å². The number of amides is 1. The highest BCUT2D eigenvalue weighted by Gasteiger charge is 2.25. The molecule has 20 heavy (non-hydrogen) atoms. The number of carbonyl (C=O) groups excluding carboxylic acids is 1. The van der Waals surface area contributed by atoms with Gasteiger partial charge in [-0.05, 0) is 58.8 Å². The standard InChI is InChI=1S/C15H18BrCl2NO/c16-14-6-5-12(18)7-13(14)15(20)19-9-11-4-2-1-3-10(11)8-17/h5-7,10-11H,1-4,8-9H2,(H,19,20). The predicted molar refractivity (Wildman–Crippen MR) is 87.7 cm³/mol. The normalized spacial score (nSPS) is 22.6. The van der Waals surface area contributed by atoms with Gasteiger partial charge in [0, 0.05) is 21.9 Å². The molecule has 5 heteroatoms. The number of rotatable bonds is 4. The topological polar surface area (TPSA) is 29.1 Å². The molecule has 0 bridgehead atoms. The Morgan fingerprint density at radius 2 is 2.00 bits per heavy atom. The molecule has 2 nitrogen and oxygen atoms in total. The summed E-state index contributed by atoms with van der Waals surface area (Å²) in [6.07, 6.45) is 4.80. The fourth-order valence-corrected chi connectivity index (χ4v) is 3.75. The Hall–Kier alpha value is -0.250. The van der Waals surface area contributed by atoms with Crippen molar-refractivity contribution in [3.8, 4) is 0 Å². The maximum absolute atomic E-state index is 12.2. The fraction of sp³-hybridized carbons (Fsp3) is 0.533. The quantitative estimate of drug-likeness (QED) is 0.743. The van der Waals surface area contributed by atoms with Crippen LogP contribution in [0.1, 0.15) is 36.0 Å². The van der Waals surface area contributed by atoms with E-state index in [-0.39, 0.29) is 5.91 Å². The molecule has 0 saturated heterocycles. The highest BCUT2D eigenvalue weighted by atomic mass is 79.9. The molecule has 1 aliphatic carbocycles. The summed E-state index contributed by atoms with van der Waals surface area (Å²) in [5.41, 5.74) is 0.579. The van der Waals surface area contributed by atoms with Gasteiger partial charge in [-0.3, -0.25) is 4.79 Å². The number of nitrogens with one attached hydrogen (secondary N) is 1. The first kappa shape index (κ1) is 16.1.